The number of nitrogens with zero attached hydrogens (tertiary/aromatic N) is 1. The summed E-state index contributed by atoms with van der Waals surface area (Å²) in [6.45, 7) is 3.41. The molecule has 0 spiro atoms. The van der Waals surface area contributed by atoms with Crippen LogP contribution < -0.4 is 5.32 Å². The molecular weight excluding hydrogens is 246 g/mol. The van der Waals surface area contributed by atoms with Gasteiger partial charge in [0, 0.05) is 11.3 Å². The number of benzene rings is 1. The Kier molecular flexibility index (Phi) is 3.90. The second-order valence-corrected chi connectivity index (χ2v) is 4.53. The van der Waals surface area contributed by atoms with Gasteiger partial charge in [0.2, 0.25) is 0 Å². The van der Waals surface area contributed by atoms with Crippen molar-refractivity contribution in [3.05, 3.63) is 64.5 Å². The molecule has 100 valence electrons. The summed E-state index contributed by atoms with van der Waals surface area (Å²) < 4.78 is 27.7. The third-order valence-corrected chi connectivity index (χ3v) is 3.11. The normalized spacial score (nSPS) is 12.5. The van der Waals surface area contributed by atoms with Crippen molar-refractivity contribution in [1.82, 2.24) is 10.3 Å². The van der Waals surface area contributed by atoms with Gasteiger partial charge in [-0.1, -0.05) is 18.2 Å². The number of aromatic nitrogens is 1. The predicted octanol–water partition coefficient (Wildman–Crippen LogP) is 3.29. The van der Waals surface area contributed by atoms with Gasteiger partial charge in [0.05, 0.1) is 11.7 Å². The molecule has 0 saturated carbocycles. The van der Waals surface area contributed by atoms with Gasteiger partial charge in [0.25, 0.3) is 0 Å². The molecule has 0 bridgehead atoms. The van der Waals surface area contributed by atoms with E-state index < -0.39 is 17.7 Å². The first kappa shape index (κ1) is 13.6. The molecule has 4 heteroatoms. The van der Waals surface area contributed by atoms with Crippen molar-refractivity contribution >= 4 is 0 Å². The summed E-state index contributed by atoms with van der Waals surface area (Å²) in [5, 5.41) is 2.98. The summed E-state index contributed by atoms with van der Waals surface area (Å²) >= 11 is 0. The molecule has 0 fully saturated rings. The third-order valence-electron chi connectivity index (χ3n) is 3.11. The lowest BCUT2D eigenvalue weighted by molar-refractivity contribution is 0.481. The Hall–Kier alpha value is -1.81. The van der Waals surface area contributed by atoms with Crippen LogP contribution in [0.3, 0.4) is 0 Å². The lowest BCUT2D eigenvalue weighted by Gasteiger charge is -2.18. The maximum atomic E-state index is 14.0. The average Bonchev–Trinajstić information content (AvgIpc) is 2.40. The van der Waals surface area contributed by atoms with Crippen LogP contribution in [0, 0.1) is 25.5 Å². The number of rotatable bonds is 3. The van der Waals surface area contributed by atoms with Crippen LogP contribution in [0.5, 0.6) is 0 Å². The Labute approximate surface area is 111 Å². The fourth-order valence-corrected chi connectivity index (χ4v) is 2.07. The zero-order chi connectivity index (χ0) is 14.0. The summed E-state index contributed by atoms with van der Waals surface area (Å²) in [5.41, 5.74) is 2.08. The maximum Gasteiger partial charge on any atom is 0.164 e. The van der Waals surface area contributed by atoms with Crippen LogP contribution in [0.4, 0.5) is 8.78 Å². The number of pyridine rings is 1. The molecule has 1 unspecified atom stereocenters. The first-order chi connectivity index (χ1) is 9.04. The van der Waals surface area contributed by atoms with Crippen LogP contribution in [0.1, 0.15) is 28.6 Å². The molecule has 1 aromatic heterocycles. The molecule has 1 N–H and O–H groups in total. The number of halogens is 2. The van der Waals surface area contributed by atoms with Gasteiger partial charge in [-0.15, -0.1) is 0 Å². The Balaban J connectivity index is 2.51. The molecule has 1 aromatic carbocycles. The number of nitrogens with one attached hydrogen (secondary N) is 1. The van der Waals surface area contributed by atoms with Crippen molar-refractivity contribution in [2.45, 2.75) is 19.9 Å². The second-order valence-electron chi connectivity index (χ2n) is 4.53. The van der Waals surface area contributed by atoms with Gasteiger partial charge < -0.3 is 5.32 Å². The van der Waals surface area contributed by atoms with Gasteiger partial charge in [0.15, 0.2) is 11.6 Å². The largest absolute Gasteiger partial charge is 0.308 e. The standard InChI is InChI=1S/C15H16F2N2/c1-9-7-8-11(14(17)13(9)16)15(18-3)12-6-4-5-10(2)19-12/h4-8,15,18H,1-3H3. The van der Waals surface area contributed by atoms with Crippen LogP contribution in [0.15, 0.2) is 30.3 Å². The number of aryl methyl sites for hydroxylation is 2. The van der Waals surface area contributed by atoms with E-state index in [1.807, 2.05) is 19.1 Å². The van der Waals surface area contributed by atoms with Crippen LogP contribution in [-0.4, -0.2) is 12.0 Å². The minimum Gasteiger partial charge on any atom is -0.308 e. The highest BCUT2D eigenvalue weighted by Crippen LogP contribution is 2.25. The second kappa shape index (κ2) is 5.45. The van der Waals surface area contributed by atoms with Crippen molar-refractivity contribution in [1.29, 1.82) is 0 Å². The topological polar surface area (TPSA) is 24.9 Å². The molecule has 2 rings (SSSR count). The zero-order valence-electron chi connectivity index (χ0n) is 11.2. The van der Waals surface area contributed by atoms with E-state index in [2.05, 4.69) is 10.3 Å². The molecular formula is C15H16F2N2. The average molecular weight is 262 g/mol. The van der Waals surface area contributed by atoms with E-state index in [1.165, 1.54) is 0 Å². The van der Waals surface area contributed by atoms with Gasteiger partial charge in [-0.3, -0.25) is 4.98 Å². The fraction of sp³-hybridized carbons (Fsp3) is 0.267. The zero-order valence-corrected chi connectivity index (χ0v) is 11.2. The van der Waals surface area contributed by atoms with Gasteiger partial charge in [-0.25, -0.2) is 8.78 Å². The molecule has 2 nitrogen and oxygen atoms in total. The molecule has 2 aromatic rings. The van der Waals surface area contributed by atoms with Crippen LogP contribution in [0.25, 0.3) is 0 Å². The quantitative estimate of drug-likeness (QED) is 0.918. The third kappa shape index (κ3) is 2.63. The highest BCUT2D eigenvalue weighted by atomic mass is 19.2. The van der Waals surface area contributed by atoms with E-state index in [0.717, 1.165) is 5.69 Å². The molecule has 1 heterocycles. The van der Waals surface area contributed by atoms with E-state index in [9.17, 15) is 8.78 Å². The van der Waals surface area contributed by atoms with Crippen LogP contribution in [-0.2, 0) is 0 Å². The lowest BCUT2D eigenvalue weighted by Crippen LogP contribution is -2.21. The minimum absolute atomic E-state index is 0.267. The van der Waals surface area contributed by atoms with E-state index in [1.54, 1.807) is 32.2 Å². The van der Waals surface area contributed by atoms with E-state index >= 15 is 0 Å². The molecule has 0 aliphatic rings. The summed E-state index contributed by atoms with van der Waals surface area (Å²) in [6, 6.07) is 8.22. The van der Waals surface area contributed by atoms with Crippen LogP contribution >= 0.6 is 0 Å². The summed E-state index contributed by atoms with van der Waals surface area (Å²) in [7, 11) is 1.70. The van der Waals surface area contributed by atoms with Crippen LogP contribution in [0.2, 0.25) is 0 Å². The summed E-state index contributed by atoms with van der Waals surface area (Å²) in [4.78, 5) is 4.36. The monoisotopic (exact) mass is 262 g/mol. The number of hydrogen-bond acceptors (Lipinski definition) is 2. The molecule has 0 aliphatic heterocycles. The van der Waals surface area contributed by atoms with Gasteiger partial charge in [0.1, 0.15) is 0 Å². The summed E-state index contributed by atoms with van der Waals surface area (Å²) in [6.07, 6.45) is 0. The van der Waals surface area contributed by atoms with Crippen molar-refractivity contribution in [3.63, 3.8) is 0 Å². The van der Waals surface area contributed by atoms with Crippen molar-refractivity contribution in [2.75, 3.05) is 7.05 Å². The van der Waals surface area contributed by atoms with Gasteiger partial charge >= 0.3 is 0 Å². The molecule has 0 radical (unpaired) electrons. The maximum absolute atomic E-state index is 14.0. The Morgan fingerprint density at radius 3 is 2.42 bits per heavy atom. The van der Waals surface area contributed by atoms with Crippen molar-refractivity contribution < 1.29 is 8.78 Å². The smallest absolute Gasteiger partial charge is 0.164 e. The van der Waals surface area contributed by atoms with Gasteiger partial charge in [-0.05, 0) is 38.6 Å². The summed E-state index contributed by atoms with van der Waals surface area (Å²) in [5.74, 6) is -1.62. The Morgan fingerprint density at radius 2 is 1.79 bits per heavy atom. The fourth-order valence-electron chi connectivity index (χ4n) is 2.07. The number of hydrogen-bond donors (Lipinski definition) is 1. The minimum atomic E-state index is -0.817. The first-order valence-electron chi connectivity index (χ1n) is 6.10. The molecule has 19 heavy (non-hydrogen) atoms. The van der Waals surface area contributed by atoms with Crippen molar-refractivity contribution in [3.8, 4) is 0 Å². The Morgan fingerprint density at radius 1 is 1.05 bits per heavy atom. The lowest BCUT2D eigenvalue weighted by atomic mass is 10.0. The van der Waals surface area contributed by atoms with E-state index in [-0.39, 0.29) is 5.56 Å². The molecule has 1 atom stereocenters. The van der Waals surface area contributed by atoms with E-state index in [4.69, 9.17) is 0 Å². The SMILES string of the molecule is CNC(c1cccc(C)n1)c1ccc(C)c(F)c1F. The predicted molar refractivity (Wildman–Crippen MR) is 71.0 cm³/mol. The first-order valence-corrected chi connectivity index (χ1v) is 6.10. The highest BCUT2D eigenvalue weighted by molar-refractivity contribution is 5.33. The van der Waals surface area contributed by atoms with E-state index in [0.29, 0.717) is 11.3 Å². The molecule has 0 saturated heterocycles. The van der Waals surface area contributed by atoms with Gasteiger partial charge in [-0.2, -0.15) is 0 Å². The van der Waals surface area contributed by atoms with Crippen molar-refractivity contribution in [2.24, 2.45) is 0 Å². The molecule has 0 amide bonds. The Bertz CT molecular complexity index is 597. The highest BCUT2D eigenvalue weighted by Gasteiger charge is 2.20. The molecule has 0 aliphatic carbocycles.